The Kier molecular flexibility index (Phi) is 12.3. The number of nitriles is 1. The summed E-state index contributed by atoms with van der Waals surface area (Å²) < 4.78 is 82.9. The van der Waals surface area contributed by atoms with Crippen molar-refractivity contribution in [1.29, 1.82) is 5.26 Å². The Labute approximate surface area is 288 Å². The lowest BCUT2D eigenvalue weighted by molar-refractivity contribution is -0.156. The van der Waals surface area contributed by atoms with Gasteiger partial charge in [-0.15, -0.1) is 4.83 Å². The first kappa shape index (κ1) is 37.7. The van der Waals surface area contributed by atoms with Gasteiger partial charge in [0.1, 0.15) is 16.7 Å². The number of carbonyl (C=O) groups excluding carboxylic acids is 1. The van der Waals surface area contributed by atoms with Crippen molar-refractivity contribution in [2.75, 3.05) is 13.7 Å². The minimum Gasteiger partial charge on any atom is -0.495 e. The van der Waals surface area contributed by atoms with E-state index < -0.39 is 46.2 Å². The van der Waals surface area contributed by atoms with Gasteiger partial charge in [0, 0.05) is 18.7 Å². The number of para-hydroxylation sites is 1. The molecule has 2 unspecified atom stereocenters. The van der Waals surface area contributed by atoms with E-state index in [1.807, 2.05) is 6.07 Å². The predicted molar refractivity (Wildman–Crippen MR) is 180 cm³/mol. The topological polar surface area (TPSA) is 137 Å². The van der Waals surface area contributed by atoms with E-state index in [1.165, 1.54) is 32.2 Å². The second kappa shape index (κ2) is 16.0. The molecule has 0 saturated heterocycles. The lowest BCUT2D eigenvalue weighted by Crippen LogP contribution is -2.35. The van der Waals surface area contributed by atoms with Gasteiger partial charge in [0.15, 0.2) is 0 Å². The number of nitrogens with zero attached hydrogens (tertiary/aromatic N) is 3. The minimum atomic E-state index is -4.36. The number of hydrogen-bond donors (Lipinski definition) is 1. The van der Waals surface area contributed by atoms with Crippen LogP contribution < -0.4 is 4.74 Å². The highest BCUT2D eigenvalue weighted by Gasteiger charge is 2.46. The van der Waals surface area contributed by atoms with Gasteiger partial charge in [-0.2, -0.15) is 18.3 Å². The van der Waals surface area contributed by atoms with E-state index in [-0.39, 0.29) is 40.7 Å². The number of hydrogen-bond acceptors (Lipinski definition) is 8. The summed E-state index contributed by atoms with van der Waals surface area (Å²) in [6.45, 7) is 2.04. The van der Waals surface area contributed by atoms with Gasteiger partial charge in [0.05, 0.1) is 30.4 Å². The zero-order valence-corrected chi connectivity index (χ0v) is 29.2. The number of ether oxygens (including phenoxy) is 2. The Hall–Kier alpha value is -4.15. The molecule has 2 atom stereocenters. The lowest BCUT2D eigenvalue weighted by Gasteiger charge is -2.27. The fourth-order valence-electron chi connectivity index (χ4n) is 4.88. The maximum absolute atomic E-state index is 15.4. The van der Waals surface area contributed by atoms with E-state index in [9.17, 15) is 28.2 Å². The van der Waals surface area contributed by atoms with Crippen molar-refractivity contribution < 1.29 is 41.2 Å². The zero-order chi connectivity index (χ0) is 35.9. The van der Waals surface area contributed by atoms with Gasteiger partial charge in [-0.25, -0.2) is 8.42 Å². The number of sulfonamides is 1. The normalized spacial score (nSPS) is 13.1. The van der Waals surface area contributed by atoms with Crippen molar-refractivity contribution in [1.82, 2.24) is 9.14 Å². The van der Waals surface area contributed by atoms with Crippen molar-refractivity contribution in [3.63, 3.8) is 0 Å². The van der Waals surface area contributed by atoms with Crippen LogP contribution in [0.1, 0.15) is 36.1 Å². The van der Waals surface area contributed by atoms with Gasteiger partial charge >= 0.3 is 11.6 Å². The molecule has 0 aliphatic rings. The Morgan fingerprint density at radius 2 is 1.65 bits per heavy atom. The third-order valence-electron chi connectivity index (χ3n) is 7.53. The molecule has 258 valence electrons. The van der Waals surface area contributed by atoms with Crippen molar-refractivity contribution in [2.45, 2.75) is 43.5 Å². The van der Waals surface area contributed by atoms with E-state index in [0.29, 0.717) is 11.1 Å². The summed E-state index contributed by atoms with van der Waals surface area (Å²) >= 11 is 6.27. The molecule has 0 aliphatic heterocycles. The largest absolute Gasteiger partial charge is 0.495 e. The number of methoxy groups -OCH3 is 1. The first-order valence-corrected chi connectivity index (χ1v) is 18.0. The molecular formula is C34H33ClF2N3O7PS. The summed E-state index contributed by atoms with van der Waals surface area (Å²) in [6.07, 6.45) is 0. The van der Waals surface area contributed by atoms with Gasteiger partial charge in [-0.1, -0.05) is 72.3 Å². The van der Waals surface area contributed by atoms with Gasteiger partial charge in [0.2, 0.25) is 18.0 Å². The third-order valence-corrected chi connectivity index (χ3v) is 11.3. The van der Waals surface area contributed by atoms with Crippen LogP contribution in [0.2, 0.25) is 5.02 Å². The summed E-state index contributed by atoms with van der Waals surface area (Å²) in [4.78, 5) is 11.6. The lowest BCUT2D eigenvalue weighted by atomic mass is 10.0. The number of halogens is 3. The average molecular weight is 732 g/mol. The Bertz CT molecular complexity index is 1990. The van der Waals surface area contributed by atoms with Gasteiger partial charge < -0.3 is 19.2 Å². The van der Waals surface area contributed by atoms with Crippen LogP contribution in [0, 0.1) is 11.3 Å². The summed E-state index contributed by atoms with van der Waals surface area (Å²) in [7, 11) is -7.28. The fourth-order valence-corrected chi connectivity index (χ4v) is 8.05. The van der Waals surface area contributed by atoms with Crippen molar-refractivity contribution in [2.24, 2.45) is 0 Å². The smallest absolute Gasteiger partial charge is 0.336 e. The molecule has 10 nitrogen and oxygen atoms in total. The SMILES string of the molecule is CCOC(=O)C(C)N(O)[PH](=O)C(F)(F)c1ccc(CN(Cc2ccc(-c3cccc(C#N)c3)cc2)S(=O)(=O)c2ccccc2OC)cc1Cl. The second-order valence-electron chi connectivity index (χ2n) is 10.8. The van der Waals surface area contributed by atoms with Gasteiger partial charge in [-0.05, 0) is 66.4 Å². The Morgan fingerprint density at radius 3 is 2.29 bits per heavy atom. The zero-order valence-electron chi connectivity index (χ0n) is 26.6. The number of benzene rings is 4. The first-order valence-electron chi connectivity index (χ1n) is 14.8. The molecule has 0 spiro atoms. The van der Waals surface area contributed by atoms with E-state index in [4.69, 9.17) is 21.1 Å². The predicted octanol–water partition coefficient (Wildman–Crippen LogP) is 7.45. The third kappa shape index (κ3) is 8.54. The van der Waals surface area contributed by atoms with E-state index >= 15 is 8.78 Å². The molecule has 0 radical (unpaired) electrons. The second-order valence-corrected chi connectivity index (χ2v) is 14.8. The minimum absolute atomic E-state index is 0.0749. The van der Waals surface area contributed by atoms with Crippen LogP contribution in [0.15, 0.2) is 95.9 Å². The molecule has 4 aromatic rings. The van der Waals surface area contributed by atoms with Crippen molar-refractivity contribution in [3.05, 3.63) is 118 Å². The van der Waals surface area contributed by atoms with Crippen molar-refractivity contribution >= 4 is 35.5 Å². The van der Waals surface area contributed by atoms with Crippen molar-refractivity contribution in [3.8, 4) is 22.9 Å². The number of rotatable bonds is 14. The van der Waals surface area contributed by atoms with E-state index in [1.54, 1.807) is 54.6 Å². The Balaban J connectivity index is 1.66. The van der Waals surface area contributed by atoms with Crippen LogP contribution in [0.5, 0.6) is 5.75 Å². The molecule has 1 N–H and O–H groups in total. The average Bonchev–Trinajstić information content (AvgIpc) is 3.10. The van der Waals surface area contributed by atoms with Crippen LogP contribution in [-0.2, 0) is 42.9 Å². The standard InChI is InChI=1S/C34H33ClF2N3O7PS/c1-4-47-33(41)23(2)40(42)48(43)34(36,37)29-17-14-26(19-30(29)35)22-39(49(44,45)32-11-6-5-10-31(32)46-3)21-24-12-15-27(16-13-24)28-9-7-8-25(18-28)20-38/h5-19,23,42,48H,4,21-22H2,1-3H3. The molecule has 0 saturated carbocycles. The molecule has 0 fully saturated rings. The molecule has 4 rings (SSSR count). The Morgan fingerprint density at radius 1 is 1.00 bits per heavy atom. The highest BCUT2D eigenvalue weighted by Crippen LogP contribution is 2.54. The van der Waals surface area contributed by atoms with Crippen LogP contribution in [0.25, 0.3) is 11.1 Å². The van der Waals surface area contributed by atoms with E-state index in [2.05, 4.69) is 6.07 Å². The molecule has 0 aromatic heterocycles. The van der Waals surface area contributed by atoms with Crippen LogP contribution in [0.4, 0.5) is 8.78 Å². The molecule has 0 bridgehead atoms. The number of alkyl halides is 2. The highest BCUT2D eigenvalue weighted by molar-refractivity contribution is 7.89. The highest BCUT2D eigenvalue weighted by atomic mass is 35.5. The van der Waals surface area contributed by atoms with Crippen LogP contribution >= 0.6 is 19.6 Å². The van der Waals surface area contributed by atoms with E-state index in [0.717, 1.165) is 34.5 Å². The van der Waals surface area contributed by atoms with Gasteiger partial charge in [-0.3, -0.25) is 4.79 Å². The quantitative estimate of drug-likeness (QED) is 0.0797. The van der Waals surface area contributed by atoms with Crippen LogP contribution in [0.3, 0.4) is 0 Å². The first-order chi connectivity index (χ1) is 23.2. The fraction of sp³-hybridized carbons (Fsp3) is 0.235. The summed E-state index contributed by atoms with van der Waals surface area (Å²) in [5, 5.41) is 18.9. The number of hydroxylamine groups is 1. The van der Waals surface area contributed by atoms with Gasteiger partial charge in [0.25, 0.3) is 0 Å². The molecule has 49 heavy (non-hydrogen) atoms. The summed E-state index contributed by atoms with van der Waals surface area (Å²) in [5.41, 5.74) is -2.12. The number of carbonyl (C=O) groups is 1. The maximum atomic E-state index is 15.4. The molecule has 15 heteroatoms. The summed E-state index contributed by atoms with van der Waals surface area (Å²) in [5.74, 6) is -0.941. The maximum Gasteiger partial charge on any atom is 0.336 e. The molecule has 0 aliphatic carbocycles. The van der Waals surface area contributed by atoms with Crippen LogP contribution in [-0.4, -0.2) is 48.5 Å². The number of esters is 1. The summed E-state index contributed by atoms with van der Waals surface area (Å²) in [6, 6.07) is 23.9. The molecular weight excluding hydrogens is 699 g/mol. The molecule has 0 heterocycles. The molecule has 4 aromatic carbocycles. The molecule has 0 amide bonds. The monoisotopic (exact) mass is 731 g/mol.